The van der Waals surface area contributed by atoms with Crippen molar-refractivity contribution in [2.24, 2.45) is 28.3 Å². The van der Waals surface area contributed by atoms with E-state index in [1.165, 1.54) is 11.8 Å². The number of aldehydes is 1. The number of carbonyl (C=O) groups is 8. The lowest BCUT2D eigenvalue weighted by atomic mass is 9.87. The molecule has 0 radical (unpaired) electrons. The van der Waals surface area contributed by atoms with Crippen molar-refractivity contribution in [3.05, 3.63) is 0 Å². The molecule has 74 heavy (non-hydrogen) atoms. The zero-order valence-corrected chi connectivity index (χ0v) is 46.8. The molecule has 1 fully saturated rings. The van der Waals surface area contributed by atoms with Gasteiger partial charge in [0.2, 0.25) is 17.7 Å². The number of carbonyl (C=O) groups excluding carboxylic acids is 8. The van der Waals surface area contributed by atoms with Crippen LogP contribution in [0.15, 0.2) is 4.99 Å². The van der Waals surface area contributed by atoms with E-state index in [-0.39, 0.29) is 110 Å². The molecule has 0 aromatic heterocycles. The summed E-state index contributed by atoms with van der Waals surface area (Å²) in [6, 6.07) is -2.07. The van der Waals surface area contributed by atoms with E-state index in [0.29, 0.717) is 155 Å². The Morgan fingerprint density at radius 1 is 0.824 bits per heavy atom. The van der Waals surface area contributed by atoms with Gasteiger partial charge in [0.15, 0.2) is 17.5 Å². The molecule has 1 aliphatic heterocycles. The molecule has 0 unspecified atom stereocenters. The maximum absolute atomic E-state index is 14.0. The van der Waals surface area contributed by atoms with Crippen molar-refractivity contribution < 1.29 is 66.8 Å². The largest absolute Gasteiger partial charge is 0.379 e. The van der Waals surface area contributed by atoms with Gasteiger partial charge in [0.1, 0.15) is 17.9 Å². The number of ether oxygens (including phenoxy) is 6. The third-order valence-corrected chi connectivity index (χ3v) is 13.7. The monoisotopic (exact) mass is 1140 g/mol. The van der Waals surface area contributed by atoms with Crippen LogP contribution in [0.2, 0.25) is 0 Å². The zero-order valence-electron chi connectivity index (χ0n) is 44.3. The molecule has 1 saturated heterocycles. The van der Waals surface area contributed by atoms with Crippen LogP contribution in [0.25, 0.3) is 0 Å². The Morgan fingerprint density at radius 2 is 1.45 bits per heavy atom. The van der Waals surface area contributed by atoms with Gasteiger partial charge in [0.05, 0.1) is 115 Å². The maximum atomic E-state index is 14.0. The van der Waals surface area contributed by atoms with Crippen molar-refractivity contribution in [2.75, 3.05) is 136 Å². The number of halogens is 1. The Bertz CT molecular complexity index is 1630. The SMILES string of the molecule is CC[C@H](C)[C@@H]1NC(=O)CCNC(=O)CSCC[C@@H](C(=O)CN(C)[C@H](C=O)CCCN=C(N)N)NCC(=O)[C@H](CCCCNC(=O)CCOCCOCCOCCOCCOCCOCCCC(=O)CBr)CCC1=O. The predicted octanol–water partition coefficient (Wildman–Crippen LogP) is 1.30. The summed E-state index contributed by atoms with van der Waals surface area (Å²) in [4.78, 5) is 108. The summed E-state index contributed by atoms with van der Waals surface area (Å²) in [6.45, 7) is 9.35. The van der Waals surface area contributed by atoms with Crippen LogP contribution in [-0.4, -0.2) is 212 Å². The molecule has 5 atom stereocenters. The van der Waals surface area contributed by atoms with Crippen LogP contribution in [0.1, 0.15) is 97.3 Å². The number of ketones is 4. The molecule has 426 valence electrons. The molecule has 1 heterocycles. The molecule has 1 aliphatic rings. The van der Waals surface area contributed by atoms with E-state index in [0.717, 1.165) is 6.29 Å². The Morgan fingerprint density at radius 3 is 2.04 bits per heavy atom. The molecule has 8 N–H and O–H groups in total. The molecule has 0 spiro atoms. The molecule has 22 nitrogen and oxygen atoms in total. The first-order valence-electron chi connectivity index (χ1n) is 26.2. The van der Waals surface area contributed by atoms with E-state index in [1.807, 2.05) is 13.8 Å². The van der Waals surface area contributed by atoms with Crippen LogP contribution in [-0.2, 0) is 66.8 Å². The van der Waals surface area contributed by atoms with E-state index in [4.69, 9.17) is 39.9 Å². The zero-order chi connectivity index (χ0) is 54.6. The van der Waals surface area contributed by atoms with E-state index in [9.17, 15) is 38.4 Å². The summed E-state index contributed by atoms with van der Waals surface area (Å²) < 4.78 is 32.9. The fraction of sp³-hybridized carbons (Fsp3) is 0.820. The summed E-state index contributed by atoms with van der Waals surface area (Å²) in [5.74, 6) is -1.43. The minimum atomic E-state index is -0.759. The fourth-order valence-electron chi connectivity index (χ4n) is 7.45. The molecule has 3 amide bonds. The number of hydrogen-bond donors (Lipinski definition) is 6. The van der Waals surface area contributed by atoms with Crippen molar-refractivity contribution >= 4 is 80.8 Å². The maximum Gasteiger partial charge on any atom is 0.230 e. The topological polar surface area (TPSA) is 308 Å². The lowest BCUT2D eigenvalue weighted by molar-refractivity contribution is -0.130. The highest BCUT2D eigenvalue weighted by Gasteiger charge is 2.29. The third-order valence-electron chi connectivity index (χ3n) is 12.0. The summed E-state index contributed by atoms with van der Waals surface area (Å²) in [5, 5.41) is 12.0. The van der Waals surface area contributed by atoms with Gasteiger partial charge >= 0.3 is 0 Å². The number of unbranched alkanes of at least 4 members (excludes halogenated alkanes) is 1. The number of nitrogens with zero attached hydrogens (tertiary/aromatic N) is 2. The molecule has 0 aromatic carbocycles. The van der Waals surface area contributed by atoms with E-state index in [1.54, 1.807) is 11.9 Å². The van der Waals surface area contributed by atoms with Gasteiger partial charge in [-0.05, 0) is 63.7 Å². The van der Waals surface area contributed by atoms with Gasteiger partial charge in [-0.2, -0.15) is 11.8 Å². The Balaban J connectivity index is 2.60. The smallest absolute Gasteiger partial charge is 0.230 e. The van der Waals surface area contributed by atoms with Gasteiger partial charge < -0.3 is 66.0 Å². The predicted molar refractivity (Wildman–Crippen MR) is 287 cm³/mol. The van der Waals surface area contributed by atoms with Gasteiger partial charge in [0.25, 0.3) is 0 Å². The molecule has 24 heteroatoms. The van der Waals surface area contributed by atoms with Gasteiger partial charge in [-0.15, -0.1) is 0 Å². The molecule has 0 bridgehead atoms. The number of amides is 3. The highest BCUT2D eigenvalue weighted by Crippen LogP contribution is 2.20. The fourth-order valence-corrected chi connectivity index (χ4v) is 8.56. The molecule has 0 aromatic rings. The number of alkyl halides is 1. The Labute approximate surface area is 451 Å². The van der Waals surface area contributed by atoms with Crippen LogP contribution < -0.4 is 32.7 Å². The molecule has 1 rings (SSSR count). The number of hydrogen-bond acceptors (Lipinski definition) is 18. The molecule has 0 aliphatic carbocycles. The second-order valence-electron chi connectivity index (χ2n) is 18.1. The second kappa shape index (κ2) is 45.7. The van der Waals surface area contributed by atoms with Crippen molar-refractivity contribution in [1.82, 2.24) is 26.2 Å². The number of nitrogens with two attached hydrogens (primary N) is 2. The molecular formula is C50H89BrN8O14S. The first kappa shape index (κ1) is 68.6. The number of rotatable bonds is 39. The number of likely N-dealkylation sites (N-methyl/N-ethyl adjacent to an activating group) is 1. The summed E-state index contributed by atoms with van der Waals surface area (Å²) in [5.41, 5.74) is 10.8. The average molecular weight is 1140 g/mol. The van der Waals surface area contributed by atoms with Crippen molar-refractivity contribution in [2.45, 2.75) is 115 Å². The quantitative estimate of drug-likeness (QED) is 0.0166. The van der Waals surface area contributed by atoms with E-state index >= 15 is 0 Å². The lowest BCUT2D eigenvalue weighted by Crippen LogP contribution is -2.47. The number of nitrogens with one attached hydrogen (secondary N) is 4. The van der Waals surface area contributed by atoms with Gasteiger partial charge in [-0.25, -0.2) is 0 Å². The average Bonchev–Trinajstić information content (AvgIpc) is 3.37. The van der Waals surface area contributed by atoms with Crippen molar-refractivity contribution in [3.8, 4) is 0 Å². The van der Waals surface area contributed by atoms with Gasteiger partial charge in [0, 0.05) is 57.8 Å². The van der Waals surface area contributed by atoms with Crippen molar-refractivity contribution in [1.29, 1.82) is 0 Å². The number of thioether (sulfide) groups is 1. The van der Waals surface area contributed by atoms with Crippen LogP contribution in [0.4, 0.5) is 0 Å². The number of guanidine groups is 1. The van der Waals surface area contributed by atoms with Crippen LogP contribution in [0.3, 0.4) is 0 Å². The number of aliphatic imine (C=N–C) groups is 1. The highest BCUT2D eigenvalue weighted by atomic mass is 79.9. The normalized spacial score (nSPS) is 18.6. The third kappa shape index (κ3) is 36.5. The first-order chi connectivity index (χ1) is 35.7. The summed E-state index contributed by atoms with van der Waals surface area (Å²) in [7, 11) is 1.68. The standard InChI is InChI=1S/C50H89BrN8O14S/c1-4-38(2)49-43(62)13-12-39(9-5-6-17-54-46(65)15-21-69-23-25-71-27-29-73-31-30-72-28-26-70-24-22-68-20-8-11-41(61)33-51)44(63)34-57-42(16-32-74-37-48(67)55-19-14-47(66)58-49)45(64)35-59(3)40(36-60)10-7-18-56-50(52)53/h36,38-40,42,49,57H,4-35,37H2,1-3H3,(H,54,65)(H,55,67)(H,58,66)(H4,52,53,56)/t38-,39+,40-,42-,49-/m0/s1. The molecular weight excluding hydrogens is 1050 g/mol. The Hall–Kier alpha value is -3.46. The van der Waals surface area contributed by atoms with Gasteiger partial charge in [-0.3, -0.25) is 43.5 Å². The minimum absolute atomic E-state index is 0.00186. The van der Waals surface area contributed by atoms with Gasteiger partial charge in [-0.1, -0.05) is 42.6 Å². The lowest BCUT2D eigenvalue weighted by Gasteiger charge is -2.26. The summed E-state index contributed by atoms with van der Waals surface area (Å²) >= 11 is 4.46. The minimum Gasteiger partial charge on any atom is -0.379 e. The summed E-state index contributed by atoms with van der Waals surface area (Å²) in [6.07, 6.45) is 5.96. The van der Waals surface area contributed by atoms with Crippen molar-refractivity contribution in [3.63, 3.8) is 0 Å². The van der Waals surface area contributed by atoms with Crippen LogP contribution in [0, 0.1) is 11.8 Å². The number of Topliss-reactive ketones (excluding diaryl/α,β-unsaturated/α-hetero) is 4. The van der Waals surface area contributed by atoms with E-state index in [2.05, 4.69) is 42.2 Å². The van der Waals surface area contributed by atoms with E-state index < -0.39 is 24.0 Å². The first-order valence-corrected chi connectivity index (χ1v) is 28.5. The second-order valence-corrected chi connectivity index (χ2v) is 19.7. The highest BCUT2D eigenvalue weighted by molar-refractivity contribution is 9.09. The Kier molecular flexibility index (Phi) is 42.3. The molecule has 0 saturated carbocycles. The van der Waals surface area contributed by atoms with Crippen LogP contribution in [0.5, 0.6) is 0 Å². The van der Waals surface area contributed by atoms with Crippen LogP contribution >= 0.6 is 27.7 Å².